The second kappa shape index (κ2) is 3.95. The van der Waals surface area contributed by atoms with Crippen molar-refractivity contribution in [3.05, 3.63) is 30.0 Å². The molecule has 2 aromatic rings. The standard InChI is InChI=1S/C12H16N2O/c1-8(13)5-9-7-14-12-4-3-10(15-2)6-11(9)12/h3-4,6-8,14H,5,13H2,1-2H3/i2D3. The topological polar surface area (TPSA) is 51.0 Å². The molecule has 2 rings (SSSR count). The summed E-state index contributed by atoms with van der Waals surface area (Å²) in [5, 5.41) is 0.953. The van der Waals surface area contributed by atoms with E-state index in [0.717, 1.165) is 22.9 Å². The number of benzene rings is 1. The van der Waals surface area contributed by atoms with Crippen LogP contribution in [0.5, 0.6) is 5.75 Å². The minimum Gasteiger partial charge on any atom is -0.497 e. The molecule has 1 aromatic heterocycles. The molecule has 1 unspecified atom stereocenters. The summed E-state index contributed by atoms with van der Waals surface area (Å²) in [7, 11) is -2.43. The first-order valence-corrected chi connectivity index (χ1v) is 4.90. The van der Waals surface area contributed by atoms with Crippen LogP contribution in [0.4, 0.5) is 0 Å². The van der Waals surface area contributed by atoms with Crippen molar-refractivity contribution in [3.63, 3.8) is 0 Å². The fourth-order valence-corrected chi connectivity index (χ4v) is 1.74. The van der Waals surface area contributed by atoms with Crippen molar-refractivity contribution in [2.45, 2.75) is 19.4 Å². The van der Waals surface area contributed by atoms with E-state index >= 15 is 0 Å². The first kappa shape index (κ1) is 6.90. The van der Waals surface area contributed by atoms with Gasteiger partial charge >= 0.3 is 0 Å². The summed E-state index contributed by atoms with van der Waals surface area (Å²) in [5.41, 5.74) is 7.79. The van der Waals surface area contributed by atoms with Crippen molar-refractivity contribution in [2.24, 2.45) is 5.73 Å². The Labute approximate surface area is 93.5 Å². The summed E-state index contributed by atoms with van der Waals surface area (Å²) in [6.07, 6.45) is 2.63. The fraction of sp³-hybridized carbons (Fsp3) is 0.333. The zero-order valence-electron chi connectivity index (χ0n) is 11.6. The molecule has 0 aliphatic carbocycles. The summed E-state index contributed by atoms with van der Waals surface area (Å²) >= 11 is 0. The number of nitrogens with two attached hydrogens (primary N) is 1. The van der Waals surface area contributed by atoms with Gasteiger partial charge in [-0.25, -0.2) is 0 Å². The first-order valence-electron chi connectivity index (χ1n) is 6.40. The minimum absolute atomic E-state index is 0.0520. The summed E-state index contributed by atoms with van der Waals surface area (Å²) in [6.45, 7) is 1.93. The third-order valence-corrected chi connectivity index (χ3v) is 2.40. The van der Waals surface area contributed by atoms with Crippen LogP contribution in [0.15, 0.2) is 24.4 Å². The molecule has 0 saturated heterocycles. The molecular formula is C12H16N2O. The van der Waals surface area contributed by atoms with Gasteiger partial charge in [0.25, 0.3) is 0 Å². The average Bonchev–Trinajstić information content (AvgIpc) is 2.58. The Hall–Kier alpha value is -1.48. The van der Waals surface area contributed by atoms with Crippen LogP contribution in [0.25, 0.3) is 10.9 Å². The Morgan fingerprint density at radius 2 is 2.47 bits per heavy atom. The molecule has 3 N–H and O–H groups in total. The molecule has 3 heteroatoms. The van der Waals surface area contributed by atoms with Crippen LogP contribution in [0.3, 0.4) is 0 Å². The van der Waals surface area contributed by atoms with Crippen molar-refractivity contribution >= 4 is 10.9 Å². The minimum atomic E-state index is -2.43. The average molecular weight is 207 g/mol. The number of nitrogens with one attached hydrogen (secondary N) is 1. The molecule has 80 valence electrons. The van der Waals surface area contributed by atoms with E-state index in [1.165, 1.54) is 0 Å². The molecule has 0 amide bonds. The number of fused-ring (bicyclic) bond motifs is 1. The van der Waals surface area contributed by atoms with Crippen molar-refractivity contribution in [2.75, 3.05) is 7.04 Å². The first-order chi connectivity index (χ1) is 8.35. The van der Waals surface area contributed by atoms with Crippen LogP contribution >= 0.6 is 0 Å². The molecule has 0 fully saturated rings. The van der Waals surface area contributed by atoms with Gasteiger partial charge in [0, 0.05) is 23.1 Å². The SMILES string of the molecule is [2H]C([2H])([2H])Oc1ccc2[nH]cc(CC(C)N)c2c1. The van der Waals surface area contributed by atoms with E-state index in [1.807, 2.05) is 13.1 Å². The highest BCUT2D eigenvalue weighted by atomic mass is 16.5. The van der Waals surface area contributed by atoms with Gasteiger partial charge in [0.05, 0.1) is 11.2 Å². The van der Waals surface area contributed by atoms with Gasteiger partial charge in [-0.15, -0.1) is 0 Å². The normalized spacial score (nSPS) is 16.8. The van der Waals surface area contributed by atoms with Crippen LogP contribution in [0.1, 0.15) is 16.6 Å². The maximum absolute atomic E-state index is 7.09. The molecule has 0 spiro atoms. The third kappa shape index (κ3) is 1.97. The highest BCUT2D eigenvalue weighted by Gasteiger charge is 2.06. The van der Waals surface area contributed by atoms with Gasteiger partial charge in [-0.2, -0.15) is 0 Å². The molecule has 0 radical (unpaired) electrons. The highest BCUT2D eigenvalue weighted by Crippen LogP contribution is 2.24. The molecule has 1 aromatic carbocycles. The molecule has 0 aliphatic rings. The number of aromatic nitrogens is 1. The Bertz CT molecular complexity index is 546. The summed E-state index contributed by atoms with van der Waals surface area (Å²) in [5.74, 6) is 0.341. The number of hydrogen-bond acceptors (Lipinski definition) is 2. The van der Waals surface area contributed by atoms with E-state index in [-0.39, 0.29) is 6.04 Å². The second-order valence-corrected chi connectivity index (χ2v) is 3.80. The van der Waals surface area contributed by atoms with Gasteiger partial charge in [-0.05, 0) is 37.1 Å². The molecule has 0 aliphatic heterocycles. The number of rotatable bonds is 3. The largest absolute Gasteiger partial charge is 0.497 e. The maximum atomic E-state index is 7.09. The van der Waals surface area contributed by atoms with Crippen molar-refractivity contribution in [3.8, 4) is 5.75 Å². The molecule has 1 atom stereocenters. The fourth-order valence-electron chi connectivity index (χ4n) is 1.74. The lowest BCUT2D eigenvalue weighted by molar-refractivity contribution is 0.415. The lowest BCUT2D eigenvalue weighted by atomic mass is 10.1. The second-order valence-electron chi connectivity index (χ2n) is 3.80. The van der Waals surface area contributed by atoms with Crippen LogP contribution < -0.4 is 10.5 Å². The molecule has 15 heavy (non-hydrogen) atoms. The number of ether oxygens (including phenoxy) is 1. The summed E-state index contributed by atoms with van der Waals surface area (Å²) in [4.78, 5) is 3.13. The predicted octanol–water partition coefficient (Wildman–Crippen LogP) is 2.07. The maximum Gasteiger partial charge on any atom is 0.119 e. The Kier molecular flexibility index (Phi) is 1.82. The molecule has 3 nitrogen and oxygen atoms in total. The van der Waals surface area contributed by atoms with Gasteiger partial charge in [0.2, 0.25) is 0 Å². The van der Waals surface area contributed by atoms with Gasteiger partial charge in [0.1, 0.15) is 5.75 Å². The predicted molar refractivity (Wildman–Crippen MR) is 62.2 cm³/mol. The molecule has 0 bridgehead atoms. The zero-order valence-corrected chi connectivity index (χ0v) is 8.58. The quantitative estimate of drug-likeness (QED) is 0.809. The van der Waals surface area contributed by atoms with Gasteiger partial charge in [-0.3, -0.25) is 0 Å². The van der Waals surface area contributed by atoms with Crippen LogP contribution in [-0.4, -0.2) is 18.1 Å². The van der Waals surface area contributed by atoms with Crippen molar-refractivity contribution < 1.29 is 8.85 Å². The summed E-state index contributed by atoms with van der Waals surface area (Å²) in [6, 6.07) is 5.23. The Morgan fingerprint density at radius 1 is 1.60 bits per heavy atom. The molecule has 1 heterocycles. The van der Waals surface area contributed by atoms with Crippen molar-refractivity contribution in [1.82, 2.24) is 4.98 Å². The van der Waals surface area contributed by atoms with Crippen LogP contribution in [0, 0.1) is 0 Å². The smallest absolute Gasteiger partial charge is 0.119 e. The van der Waals surface area contributed by atoms with E-state index in [2.05, 4.69) is 4.98 Å². The van der Waals surface area contributed by atoms with E-state index in [4.69, 9.17) is 14.6 Å². The third-order valence-electron chi connectivity index (χ3n) is 2.40. The van der Waals surface area contributed by atoms with E-state index < -0.39 is 7.04 Å². The Balaban J connectivity index is 2.36. The zero-order chi connectivity index (χ0) is 13.3. The van der Waals surface area contributed by atoms with Gasteiger partial charge in [-0.1, -0.05) is 0 Å². The molecular weight excluding hydrogens is 188 g/mol. The van der Waals surface area contributed by atoms with E-state index in [1.54, 1.807) is 18.2 Å². The highest BCUT2D eigenvalue weighted by molar-refractivity contribution is 5.84. The molecule has 0 saturated carbocycles. The number of methoxy groups -OCH3 is 1. The van der Waals surface area contributed by atoms with Crippen molar-refractivity contribution in [1.29, 1.82) is 0 Å². The number of aromatic amines is 1. The number of H-pyrrole nitrogens is 1. The Morgan fingerprint density at radius 3 is 3.20 bits per heavy atom. The van der Waals surface area contributed by atoms with Crippen LogP contribution in [0.2, 0.25) is 0 Å². The van der Waals surface area contributed by atoms with E-state index in [9.17, 15) is 0 Å². The van der Waals surface area contributed by atoms with Gasteiger partial charge < -0.3 is 15.5 Å². The van der Waals surface area contributed by atoms with E-state index in [0.29, 0.717) is 5.75 Å². The summed E-state index contributed by atoms with van der Waals surface area (Å²) < 4.78 is 26.2. The monoisotopic (exact) mass is 207 g/mol. The van der Waals surface area contributed by atoms with Crippen LogP contribution in [-0.2, 0) is 6.42 Å². The number of hydrogen-bond donors (Lipinski definition) is 2. The lowest BCUT2D eigenvalue weighted by Gasteiger charge is -2.04. The lowest BCUT2D eigenvalue weighted by Crippen LogP contribution is -2.17. The van der Waals surface area contributed by atoms with Gasteiger partial charge in [0.15, 0.2) is 0 Å².